The van der Waals surface area contributed by atoms with E-state index in [4.69, 9.17) is 5.11 Å². The quantitative estimate of drug-likeness (QED) is 0.770. The standard InChI is InChI=1S/C14H16N2O4/c1-2-10-9(7-8-13(18)19)14(20)16(15-10)11-5-3-4-6-12(11)17/h3-6,15,17H,2,7-8H2,1H3,(H,18,19). The minimum atomic E-state index is -0.943. The van der Waals surface area contributed by atoms with Crippen LogP contribution in [0.2, 0.25) is 0 Å². The summed E-state index contributed by atoms with van der Waals surface area (Å²) in [6.07, 6.45) is 0.667. The first kappa shape index (κ1) is 13.9. The number of hydrogen-bond acceptors (Lipinski definition) is 3. The van der Waals surface area contributed by atoms with Crippen LogP contribution in [0.1, 0.15) is 24.6 Å². The van der Waals surface area contributed by atoms with Gasteiger partial charge in [-0.3, -0.25) is 14.7 Å². The third kappa shape index (κ3) is 2.59. The normalized spacial score (nSPS) is 10.7. The number of aryl methyl sites for hydroxylation is 1. The second kappa shape index (κ2) is 5.64. The van der Waals surface area contributed by atoms with Crippen molar-refractivity contribution >= 4 is 5.97 Å². The van der Waals surface area contributed by atoms with Gasteiger partial charge in [-0.25, -0.2) is 4.68 Å². The Bertz CT molecular complexity index is 685. The van der Waals surface area contributed by atoms with Gasteiger partial charge in [0.15, 0.2) is 0 Å². The fourth-order valence-corrected chi connectivity index (χ4v) is 2.12. The number of hydrogen-bond donors (Lipinski definition) is 3. The van der Waals surface area contributed by atoms with E-state index in [1.807, 2.05) is 6.92 Å². The van der Waals surface area contributed by atoms with E-state index >= 15 is 0 Å². The number of aromatic nitrogens is 2. The smallest absolute Gasteiger partial charge is 0.303 e. The van der Waals surface area contributed by atoms with Crippen LogP contribution in [0.4, 0.5) is 0 Å². The molecule has 2 aromatic rings. The Labute approximate surface area is 115 Å². The number of carboxylic acid groups (broad SMARTS) is 1. The van der Waals surface area contributed by atoms with Gasteiger partial charge in [0.05, 0.1) is 0 Å². The third-order valence-electron chi connectivity index (χ3n) is 3.14. The molecule has 0 bridgehead atoms. The zero-order valence-electron chi connectivity index (χ0n) is 11.1. The number of nitrogens with one attached hydrogen (secondary N) is 1. The molecule has 0 aliphatic carbocycles. The molecule has 0 amide bonds. The van der Waals surface area contributed by atoms with Crippen molar-refractivity contribution in [3.63, 3.8) is 0 Å². The summed E-state index contributed by atoms with van der Waals surface area (Å²) >= 11 is 0. The van der Waals surface area contributed by atoms with E-state index in [9.17, 15) is 14.7 Å². The molecule has 1 aromatic carbocycles. The van der Waals surface area contributed by atoms with Gasteiger partial charge in [0, 0.05) is 17.7 Å². The number of nitrogens with zero attached hydrogens (tertiary/aromatic N) is 1. The summed E-state index contributed by atoms with van der Waals surface area (Å²) in [6.45, 7) is 1.88. The van der Waals surface area contributed by atoms with Gasteiger partial charge in [-0.15, -0.1) is 0 Å². The number of rotatable bonds is 5. The molecule has 0 radical (unpaired) electrons. The first-order valence-electron chi connectivity index (χ1n) is 6.37. The lowest BCUT2D eigenvalue weighted by Crippen LogP contribution is -2.18. The van der Waals surface area contributed by atoms with E-state index in [1.165, 1.54) is 10.7 Å². The Morgan fingerprint density at radius 2 is 2.05 bits per heavy atom. The maximum absolute atomic E-state index is 12.3. The van der Waals surface area contributed by atoms with Crippen LogP contribution in [0.15, 0.2) is 29.1 Å². The fourth-order valence-electron chi connectivity index (χ4n) is 2.12. The summed E-state index contributed by atoms with van der Waals surface area (Å²) in [5.74, 6) is -0.954. The highest BCUT2D eigenvalue weighted by molar-refractivity contribution is 5.67. The summed E-state index contributed by atoms with van der Waals surface area (Å²) in [6, 6.07) is 6.49. The average molecular weight is 276 g/mol. The predicted octanol–water partition coefficient (Wildman–Crippen LogP) is 1.45. The number of aromatic amines is 1. The van der Waals surface area contributed by atoms with E-state index in [1.54, 1.807) is 18.2 Å². The number of carbonyl (C=O) groups is 1. The number of H-pyrrole nitrogens is 1. The van der Waals surface area contributed by atoms with Crippen molar-refractivity contribution in [1.29, 1.82) is 0 Å². The molecule has 0 unspecified atom stereocenters. The summed E-state index contributed by atoms with van der Waals surface area (Å²) in [5, 5.41) is 21.5. The SMILES string of the molecule is CCc1[nH]n(-c2ccccc2O)c(=O)c1CCC(=O)O. The number of benzene rings is 1. The number of aromatic hydroxyl groups is 1. The predicted molar refractivity (Wildman–Crippen MR) is 73.4 cm³/mol. The average Bonchev–Trinajstić information content (AvgIpc) is 2.73. The highest BCUT2D eigenvalue weighted by Gasteiger charge is 2.16. The number of para-hydroxylation sites is 2. The highest BCUT2D eigenvalue weighted by atomic mass is 16.4. The van der Waals surface area contributed by atoms with Crippen LogP contribution < -0.4 is 5.56 Å². The van der Waals surface area contributed by atoms with Crippen LogP contribution in [0.25, 0.3) is 5.69 Å². The van der Waals surface area contributed by atoms with Gasteiger partial charge in [0.25, 0.3) is 5.56 Å². The molecule has 0 saturated heterocycles. The van der Waals surface area contributed by atoms with Gasteiger partial charge in [-0.05, 0) is 25.0 Å². The van der Waals surface area contributed by atoms with Crippen molar-refractivity contribution in [2.45, 2.75) is 26.2 Å². The highest BCUT2D eigenvalue weighted by Crippen LogP contribution is 2.19. The second-order valence-corrected chi connectivity index (χ2v) is 4.45. The molecule has 106 valence electrons. The number of phenolic OH excluding ortho intramolecular Hbond substituents is 1. The summed E-state index contributed by atoms with van der Waals surface area (Å²) < 4.78 is 1.26. The second-order valence-electron chi connectivity index (χ2n) is 4.45. The third-order valence-corrected chi connectivity index (χ3v) is 3.14. The molecule has 6 heteroatoms. The monoisotopic (exact) mass is 276 g/mol. The molecule has 0 aliphatic heterocycles. The van der Waals surface area contributed by atoms with E-state index in [2.05, 4.69) is 5.10 Å². The van der Waals surface area contributed by atoms with Gasteiger partial charge in [-0.2, -0.15) is 0 Å². The van der Waals surface area contributed by atoms with Gasteiger partial charge in [0.2, 0.25) is 0 Å². The maximum atomic E-state index is 12.3. The molecular weight excluding hydrogens is 260 g/mol. The van der Waals surface area contributed by atoms with Crippen molar-refractivity contribution in [3.8, 4) is 11.4 Å². The van der Waals surface area contributed by atoms with Crippen molar-refractivity contribution in [2.24, 2.45) is 0 Å². The number of phenols is 1. The first-order valence-corrected chi connectivity index (χ1v) is 6.37. The number of carboxylic acids is 1. The zero-order valence-corrected chi connectivity index (χ0v) is 11.1. The van der Waals surface area contributed by atoms with Crippen molar-refractivity contribution in [2.75, 3.05) is 0 Å². The Kier molecular flexibility index (Phi) is 3.93. The van der Waals surface area contributed by atoms with E-state index in [-0.39, 0.29) is 24.2 Å². The molecule has 1 heterocycles. The van der Waals surface area contributed by atoms with Crippen LogP contribution in [0, 0.1) is 0 Å². The first-order chi connectivity index (χ1) is 9.54. The Hall–Kier alpha value is -2.50. The van der Waals surface area contributed by atoms with Gasteiger partial charge in [0.1, 0.15) is 11.4 Å². The molecular formula is C14H16N2O4. The van der Waals surface area contributed by atoms with Crippen molar-refractivity contribution in [1.82, 2.24) is 9.78 Å². The van der Waals surface area contributed by atoms with Crippen LogP contribution in [0.5, 0.6) is 5.75 Å². The van der Waals surface area contributed by atoms with Crippen LogP contribution in [-0.2, 0) is 17.6 Å². The van der Waals surface area contributed by atoms with Gasteiger partial charge in [-0.1, -0.05) is 19.1 Å². The van der Waals surface area contributed by atoms with Crippen LogP contribution in [-0.4, -0.2) is 26.0 Å². The largest absolute Gasteiger partial charge is 0.506 e. The Morgan fingerprint density at radius 3 is 2.65 bits per heavy atom. The molecule has 20 heavy (non-hydrogen) atoms. The molecule has 3 N–H and O–H groups in total. The Morgan fingerprint density at radius 1 is 1.35 bits per heavy atom. The summed E-state index contributed by atoms with van der Waals surface area (Å²) in [5.41, 5.74) is 1.19. The topological polar surface area (TPSA) is 95.3 Å². The molecule has 0 atom stereocenters. The van der Waals surface area contributed by atoms with Gasteiger partial charge >= 0.3 is 5.97 Å². The number of aliphatic carboxylic acids is 1. The molecule has 0 spiro atoms. The molecule has 6 nitrogen and oxygen atoms in total. The van der Waals surface area contributed by atoms with Crippen molar-refractivity contribution < 1.29 is 15.0 Å². The van der Waals surface area contributed by atoms with Gasteiger partial charge < -0.3 is 10.2 Å². The molecule has 0 saturated carbocycles. The molecule has 2 rings (SSSR count). The summed E-state index contributed by atoms with van der Waals surface area (Å²) in [4.78, 5) is 23.0. The van der Waals surface area contributed by atoms with E-state index in [0.29, 0.717) is 23.4 Å². The van der Waals surface area contributed by atoms with Crippen LogP contribution >= 0.6 is 0 Å². The zero-order chi connectivity index (χ0) is 14.7. The molecule has 0 aliphatic rings. The lowest BCUT2D eigenvalue weighted by Gasteiger charge is -2.03. The maximum Gasteiger partial charge on any atom is 0.303 e. The molecule has 0 fully saturated rings. The van der Waals surface area contributed by atoms with Crippen LogP contribution in [0.3, 0.4) is 0 Å². The lowest BCUT2D eigenvalue weighted by atomic mass is 10.1. The van der Waals surface area contributed by atoms with Crippen molar-refractivity contribution in [3.05, 3.63) is 45.9 Å². The minimum absolute atomic E-state index is 0.0108. The van der Waals surface area contributed by atoms with E-state index in [0.717, 1.165) is 0 Å². The fraction of sp³-hybridized carbons (Fsp3) is 0.286. The lowest BCUT2D eigenvalue weighted by molar-refractivity contribution is -0.136. The minimum Gasteiger partial charge on any atom is -0.506 e. The Balaban J connectivity index is 2.49. The summed E-state index contributed by atoms with van der Waals surface area (Å²) in [7, 11) is 0. The van der Waals surface area contributed by atoms with E-state index < -0.39 is 5.97 Å². The molecule has 1 aromatic heterocycles.